The summed E-state index contributed by atoms with van der Waals surface area (Å²) in [4.78, 5) is 6.08. The Hall–Kier alpha value is -3.15. The zero-order valence-corrected chi connectivity index (χ0v) is 20.0. The number of piperidine rings is 1. The van der Waals surface area contributed by atoms with Crippen molar-refractivity contribution in [3.63, 3.8) is 0 Å². The number of aliphatic hydroxyl groups is 2. The molecule has 4 rings (SSSR count). The number of aliphatic hydroxyl groups excluding tert-OH is 1. The summed E-state index contributed by atoms with van der Waals surface area (Å²) in [6.07, 6.45) is -1.84. The minimum atomic E-state index is -4.85. The van der Waals surface area contributed by atoms with Crippen molar-refractivity contribution in [2.45, 2.75) is 24.3 Å². The number of halogens is 4. The van der Waals surface area contributed by atoms with E-state index < -0.39 is 24.3 Å². The van der Waals surface area contributed by atoms with E-state index >= 15 is 0 Å². The van der Waals surface area contributed by atoms with Crippen LogP contribution >= 0.6 is 11.6 Å². The molecule has 0 unspecified atom stereocenters. The van der Waals surface area contributed by atoms with Crippen LogP contribution in [0.3, 0.4) is 0 Å². The number of hydrogen-bond donors (Lipinski definition) is 2. The van der Waals surface area contributed by atoms with Gasteiger partial charge in [0.1, 0.15) is 11.8 Å². The maximum absolute atomic E-state index is 13.0. The van der Waals surface area contributed by atoms with Crippen LogP contribution in [0, 0.1) is 11.8 Å². The molecule has 2 atom stereocenters. The molecule has 0 spiro atoms. The van der Waals surface area contributed by atoms with Gasteiger partial charge in [0.25, 0.3) is 0 Å². The van der Waals surface area contributed by atoms with Crippen LogP contribution in [0.25, 0.3) is 17.2 Å². The summed E-state index contributed by atoms with van der Waals surface area (Å²) >= 11 is 5.93. The van der Waals surface area contributed by atoms with Crippen LogP contribution < -0.4 is 0 Å². The van der Waals surface area contributed by atoms with Gasteiger partial charge >= 0.3 is 6.18 Å². The number of alkyl halides is 3. The molecule has 2 heterocycles. The van der Waals surface area contributed by atoms with E-state index in [2.05, 4.69) is 16.8 Å². The van der Waals surface area contributed by atoms with E-state index in [1.807, 2.05) is 72.8 Å². The second-order valence-corrected chi connectivity index (χ2v) is 9.10. The van der Waals surface area contributed by atoms with Crippen molar-refractivity contribution in [1.82, 2.24) is 9.88 Å². The average Bonchev–Trinajstić information content (AvgIpc) is 2.86. The lowest BCUT2D eigenvalue weighted by molar-refractivity contribution is -0.302. The van der Waals surface area contributed by atoms with Gasteiger partial charge in [0, 0.05) is 48.4 Å². The summed E-state index contributed by atoms with van der Waals surface area (Å²) in [7, 11) is 0. The number of pyridine rings is 1. The van der Waals surface area contributed by atoms with Crippen molar-refractivity contribution >= 4 is 17.7 Å². The van der Waals surface area contributed by atoms with Gasteiger partial charge in [0.2, 0.25) is 0 Å². The highest BCUT2D eigenvalue weighted by Crippen LogP contribution is 2.38. The van der Waals surface area contributed by atoms with Gasteiger partial charge in [0.15, 0.2) is 5.60 Å². The Morgan fingerprint density at radius 1 is 1.03 bits per heavy atom. The molecule has 8 heteroatoms. The molecule has 4 nitrogen and oxygen atoms in total. The third-order valence-corrected chi connectivity index (χ3v) is 6.39. The average molecular weight is 513 g/mol. The Balaban J connectivity index is 1.30. The van der Waals surface area contributed by atoms with E-state index in [0.717, 1.165) is 22.3 Å². The van der Waals surface area contributed by atoms with Crippen molar-refractivity contribution in [2.75, 3.05) is 19.6 Å². The normalized spacial score (nSPS) is 20.8. The number of nitrogens with zero attached hydrogens (tertiary/aromatic N) is 2. The first-order valence-corrected chi connectivity index (χ1v) is 11.7. The van der Waals surface area contributed by atoms with E-state index in [-0.39, 0.29) is 13.1 Å². The Kier molecular flexibility index (Phi) is 7.82. The first-order chi connectivity index (χ1) is 17.1. The fourth-order valence-electron chi connectivity index (χ4n) is 3.91. The largest absolute Gasteiger partial charge is 0.419 e. The van der Waals surface area contributed by atoms with Crippen LogP contribution in [-0.2, 0) is 0 Å². The van der Waals surface area contributed by atoms with Crippen molar-refractivity contribution in [3.8, 4) is 23.0 Å². The predicted octanol–water partition coefficient (Wildman–Crippen LogP) is 5.18. The summed E-state index contributed by atoms with van der Waals surface area (Å²) in [5, 5.41) is 20.3. The maximum atomic E-state index is 13.0. The summed E-state index contributed by atoms with van der Waals surface area (Å²) in [5.41, 5.74) is 1.34. The zero-order chi connectivity index (χ0) is 25.8. The molecule has 0 bridgehead atoms. The summed E-state index contributed by atoms with van der Waals surface area (Å²) in [5.74, 6) is 6.13. The SMILES string of the molecule is O[C@H]1CN(CC=Cc2ccc(C#Cc3ccc(-c4ccc(Cl)cc4)cn3)cc2)CC[C@]1(O)C(F)(F)F. The number of rotatable bonds is 4. The van der Waals surface area contributed by atoms with Gasteiger partial charge < -0.3 is 10.2 Å². The van der Waals surface area contributed by atoms with Crippen molar-refractivity contribution in [2.24, 2.45) is 0 Å². The molecule has 1 aliphatic heterocycles. The van der Waals surface area contributed by atoms with Crippen molar-refractivity contribution < 1.29 is 23.4 Å². The lowest BCUT2D eigenvalue weighted by Crippen LogP contribution is -2.62. The minimum Gasteiger partial charge on any atom is -0.388 e. The molecule has 1 aromatic heterocycles. The summed E-state index contributed by atoms with van der Waals surface area (Å²) < 4.78 is 39.0. The number of hydrogen-bond acceptors (Lipinski definition) is 4. The molecule has 186 valence electrons. The van der Waals surface area contributed by atoms with Gasteiger partial charge in [-0.05, 0) is 47.4 Å². The van der Waals surface area contributed by atoms with Gasteiger partial charge in [-0.25, -0.2) is 4.98 Å². The molecule has 2 aromatic carbocycles. The first kappa shape index (κ1) is 25.9. The van der Waals surface area contributed by atoms with Crippen LogP contribution in [0.4, 0.5) is 13.2 Å². The highest BCUT2D eigenvalue weighted by Gasteiger charge is 2.59. The smallest absolute Gasteiger partial charge is 0.388 e. The molecule has 0 radical (unpaired) electrons. The fourth-order valence-corrected chi connectivity index (χ4v) is 4.04. The summed E-state index contributed by atoms with van der Waals surface area (Å²) in [6, 6.07) is 18.9. The van der Waals surface area contributed by atoms with E-state index in [1.54, 1.807) is 11.1 Å². The lowest BCUT2D eigenvalue weighted by Gasteiger charge is -2.42. The topological polar surface area (TPSA) is 56.6 Å². The van der Waals surface area contributed by atoms with Crippen LogP contribution in [0.2, 0.25) is 5.02 Å². The standard InChI is InChI=1S/C28H24ClF3N2O2/c29-24-11-8-22(9-12-24)23-10-14-25(33-18-23)13-7-21-5-3-20(4-6-21)2-1-16-34-17-15-27(36,26(35)19-34)28(30,31)32/h1-6,8-12,14,18,26,35-36H,15-17,19H2/t26-,27+/m0/s1. The van der Waals surface area contributed by atoms with Gasteiger partial charge in [-0.3, -0.25) is 4.90 Å². The fraction of sp³-hybridized carbons (Fsp3) is 0.250. The molecule has 1 fully saturated rings. The van der Waals surface area contributed by atoms with Gasteiger partial charge in [-0.15, -0.1) is 0 Å². The second kappa shape index (κ2) is 10.9. The Morgan fingerprint density at radius 3 is 2.33 bits per heavy atom. The third-order valence-electron chi connectivity index (χ3n) is 6.14. The number of β-amino-alcohol motifs (C(OH)–C–C–N with tert-alkyl or cyclic N) is 1. The molecule has 2 N–H and O–H groups in total. The minimum absolute atomic E-state index is 0.0423. The second-order valence-electron chi connectivity index (χ2n) is 8.66. The highest BCUT2D eigenvalue weighted by molar-refractivity contribution is 6.30. The Labute approximate surface area is 212 Å². The first-order valence-electron chi connectivity index (χ1n) is 11.3. The van der Waals surface area contributed by atoms with Crippen LogP contribution in [0.5, 0.6) is 0 Å². The maximum Gasteiger partial charge on any atom is 0.419 e. The molecule has 3 aromatic rings. The summed E-state index contributed by atoms with van der Waals surface area (Å²) in [6.45, 7) is 0.161. The Morgan fingerprint density at radius 2 is 1.72 bits per heavy atom. The van der Waals surface area contributed by atoms with Gasteiger partial charge in [-0.1, -0.05) is 60.0 Å². The molecule has 0 saturated carbocycles. The number of benzene rings is 2. The molecule has 1 saturated heterocycles. The van der Waals surface area contributed by atoms with E-state index in [1.165, 1.54) is 0 Å². The molecular weight excluding hydrogens is 489 g/mol. The third kappa shape index (κ3) is 6.15. The molecule has 36 heavy (non-hydrogen) atoms. The van der Waals surface area contributed by atoms with Crippen LogP contribution in [0.15, 0.2) is 72.9 Å². The van der Waals surface area contributed by atoms with Crippen LogP contribution in [0.1, 0.15) is 23.2 Å². The van der Waals surface area contributed by atoms with E-state index in [4.69, 9.17) is 11.6 Å². The Bertz CT molecular complexity index is 1260. The van der Waals surface area contributed by atoms with E-state index in [0.29, 0.717) is 17.3 Å². The molecular formula is C28H24ClF3N2O2. The highest BCUT2D eigenvalue weighted by atomic mass is 35.5. The van der Waals surface area contributed by atoms with Gasteiger partial charge in [0.05, 0.1) is 0 Å². The molecule has 1 aliphatic rings. The number of likely N-dealkylation sites (tertiary alicyclic amines) is 1. The van der Waals surface area contributed by atoms with E-state index in [9.17, 15) is 23.4 Å². The lowest BCUT2D eigenvalue weighted by atomic mass is 9.88. The zero-order valence-electron chi connectivity index (χ0n) is 19.2. The predicted molar refractivity (Wildman–Crippen MR) is 134 cm³/mol. The van der Waals surface area contributed by atoms with Crippen molar-refractivity contribution in [1.29, 1.82) is 0 Å². The van der Waals surface area contributed by atoms with Crippen molar-refractivity contribution in [3.05, 3.63) is 94.8 Å². The molecule has 0 aliphatic carbocycles. The monoisotopic (exact) mass is 512 g/mol. The van der Waals surface area contributed by atoms with Crippen LogP contribution in [-0.4, -0.2) is 57.6 Å². The molecule has 0 amide bonds. The quantitative estimate of drug-likeness (QED) is 0.473. The number of aromatic nitrogens is 1. The van der Waals surface area contributed by atoms with Gasteiger partial charge in [-0.2, -0.15) is 13.2 Å².